The molecule has 0 spiro atoms. The zero-order chi connectivity index (χ0) is 20.8. The van der Waals surface area contributed by atoms with Crippen LogP contribution in [0, 0.1) is 11.3 Å². The number of nitrogens with one attached hydrogen (secondary N) is 1. The van der Waals surface area contributed by atoms with Crippen LogP contribution in [-0.4, -0.2) is 30.4 Å². The van der Waals surface area contributed by atoms with Gasteiger partial charge in [-0.2, -0.15) is 5.26 Å². The van der Waals surface area contributed by atoms with E-state index < -0.39 is 0 Å². The van der Waals surface area contributed by atoms with Crippen molar-refractivity contribution in [1.82, 2.24) is 10.2 Å². The monoisotopic (exact) mass is 433 g/mol. The molecule has 152 valence electrons. The molecule has 4 nitrogen and oxygen atoms in total. The highest BCUT2D eigenvalue weighted by Crippen LogP contribution is 2.33. The van der Waals surface area contributed by atoms with Crippen molar-refractivity contribution < 1.29 is 4.79 Å². The molecule has 4 rings (SSSR count). The van der Waals surface area contributed by atoms with Crippen molar-refractivity contribution in [1.29, 1.82) is 5.26 Å². The van der Waals surface area contributed by atoms with Crippen molar-refractivity contribution in [3.63, 3.8) is 0 Å². The molecule has 0 bridgehead atoms. The van der Waals surface area contributed by atoms with Gasteiger partial charge in [0.15, 0.2) is 0 Å². The van der Waals surface area contributed by atoms with Crippen LogP contribution in [0.5, 0.6) is 0 Å². The predicted molar refractivity (Wildman–Crippen MR) is 122 cm³/mol. The molecule has 1 fully saturated rings. The van der Waals surface area contributed by atoms with E-state index >= 15 is 0 Å². The molecule has 6 heteroatoms. The number of carbonyl (C=O) groups excluding carboxylic acids is 1. The highest BCUT2D eigenvalue weighted by molar-refractivity contribution is 7.99. The number of hydrogen-bond donors (Lipinski definition) is 1. The number of benzene rings is 2. The van der Waals surface area contributed by atoms with E-state index in [1.54, 1.807) is 17.4 Å². The molecule has 0 unspecified atom stereocenters. The first kappa shape index (κ1) is 20.7. The number of amides is 1. The Labute approximate surface area is 185 Å². The zero-order valence-corrected chi connectivity index (χ0v) is 18.2. The second-order valence-corrected chi connectivity index (χ2v) is 9.25. The highest BCUT2D eigenvalue weighted by Gasteiger charge is 2.25. The third-order valence-corrected chi connectivity index (χ3v) is 7.39. The quantitative estimate of drug-likeness (QED) is 0.547. The summed E-state index contributed by atoms with van der Waals surface area (Å²) < 4.78 is 0. The SMILES string of the molecule is N#Cc1ccccc1Sc1ccccc1C(=O)NC[C@@H](c1cccs1)N1CCCC1. The van der Waals surface area contributed by atoms with Gasteiger partial charge in [-0.1, -0.05) is 42.1 Å². The first-order valence-electron chi connectivity index (χ1n) is 10.1. The van der Waals surface area contributed by atoms with Gasteiger partial charge in [0.05, 0.1) is 17.2 Å². The lowest BCUT2D eigenvalue weighted by Crippen LogP contribution is -2.36. The van der Waals surface area contributed by atoms with Crippen LogP contribution in [0.25, 0.3) is 0 Å². The zero-order valence-electron chi connectivity index (χ0n) is 16.6. The lowest BCUT2D eigenvalue weighted by atomic mass is 10.1. The van der Waals surface area contributed by atoms with Crippen LogP contribution in [0.1, 0.15) is 39.7 Å². The maximum atomic E-state index is 13.1. The van der Waals surface area contributed by atoms with E-state index in [2.05, 4.69) is 33.8 Å². The molecule has 0 aliphatic carbocycles. The third kappa shape index (κ3) is 4.76. The Balaban J connectivity index is 1.50. The van der Waals surface area contributed by atoms with Gasteiger partial charge >= 0.3 is 0 Å². The molecule has 1 N–H and O–H groups in total. The molecule has 1 atom stereocenters. The van der Waals surface area contributed by atoms with Crippen LogP contribution in [-0.2, 0) is 0 Å². The number of likely N-dealkylation sites (tertiary alicyclic amines) is 1. The summed E-state index contributed by atoms with van der Waals surface area (Å²) in [6.45, 7) is 2.75. The lowest BCUT2D eigenvalue weighted by Gasteiger charge is -2.27. The average molecular weight is 434 g/mol. The van der Waals surface area contributed by atoms with Gasteiger partial charge in [0, 0.05) is 21.2 Å². The van der Waals surface area contributed by atoms with E-state index in [4.69, 9.17) is 0 Å². The van der Waals surface area contributed by atoms with Crippen molar-refractivity contribution in [2.75, 3.05) is 19.6 Å². The fourth-order valence-corrected chi connectivity index (χ4v) is 5.62. The second-order valence-electron chi connectivity index (χ2n) is 7.19. The Morgan fingerprint density at radius 3 is 2.53 bits per heavy atom. The van der Waals surface area contributed by atoms with Crippen molar-refractivity contribution in [3.8, 4) is 6.07 Å². The molecular formula is C24H23N3OS2. The van der Waals surface area contributed by atoms with Crippen LogP contribution < -0.4 is 5.32 Å². The maximum absolute atomic E-state index is 13.1. The van der Waals surface area contributed by atoms with E-state index in [0.717, 1.165) is 22.9 Å². The average Bonchev–Trinajstić information content (AvgIpc) is 3.50. The summed E-state index contributed by atoms with van der Waals surface area (Å²) in [7, 11) is 0. The van der Waals surface area contributed by atoms with Crippen molar-refractivity contribution >= 4 is 29.0 Å². The Morgan fingerprint density at radius 2 is 1.80 bits per heavy atom. The molecule has 1 aromatic heterocycles. The van der Waals surface area contributed by atoms with Crippen LogP contribution in [0.4, 0.5) is 0 Å². The van der Waals surface area contributed by atoms with E-state index in [0.29, 0.717) is 17.7 Å². The molecule has 1 amide bonds. The maximum Gasteiger partial charge on any atom is 0.252 e. The summed E-state index contributed by atoms with van der Waals surface area (Å²) in [5, 5.41) is 14.6. The molecule has 1 saturated heterocycles. The van der Waals surface area contributed by atoms with Crippen LogP contribution in [0.3, 0.4) is 0 Å². The summed E-state index contributed by atoms with van der Waals surface area (Å²) in [4.78, 5) is 18.6. The summed E-state index contributed by atoms with van der Waals surface area (Å²) in [5.41, 5.74) is 1.26. The van der Waals surface area contributed by atoms with Crippen LogP contribution in [0.2, 0.25) is 0 Å². The first-order valence-corrected chi connectivity index (χ1v) is 11.8. The smallest absolute Gasteiger partial charge is 0.252 e. The minimum absolute atomic E-state index is 0.0757. The van der Waals surface area contributed by atoms with Crippen molar-refractivity contribution in [2.24, 2.45) is 0 Å². The van der Waals surface area contributed by atoms with Gasteiger partial charge in [0.2, 0.25) is 0 Å². The molecule has 0 saturated carbocycles. The van der Waals surface area contributed by atoms with Crippen molar-refractivity contribution in [2.45, 2.75) is 28.7 Å². The fraction of sp³-hybridized carbons (Fsp3) is 0.250. The van der Waals surface area contributed by atoms with E-state index in [1.165, 1.54) is 29.5 Å². The Kier molecular flexibility index (Phi) is 6.85. The number of thiophene rings is 1. The van der Waals surface area contributed by atoms with Gasteiger partial charge in [0.1, 0.15) is 6.07 Å². The molecular weight excluding hydrogens is 410 g/mol. The summed E-state index contributed by atoms with van der Waals surface area (Å²) in [5.74, 6) is -0.0757. The minimum atomic E-state index is -0.0757. The normalized spacial score (nSPS) is 14.9. The number of nitriles is 1. The van der Waals surface area contributed by atoms with Crippen molar-refractivity contribution in [3.05, 3.63) is 82.0 Å². The van der Waals surface area contributed by atoms with E-state index in [-0.39, 0.29) is 11.9 Å². The third-order valence-electron chi connectivity index (χ3n) is 5.27. The molecule has 1 aliphatic heterocycles. The number of nitrogens with zero attached hydrogens (tertiary/aromatic N) is 2. The molecule has 30 heavy (non-hydrogen) atoms. The molecule has 2 heterocycles. The van der Waals surface area contributed by atoms with Gasteiger partial charge in [0.25, 0.3) is 5.91 Å². The van der Waals surface area contributed by atoms with E-state index in [1.807, 2.05) is 42.5 Å². The number of hydrogen-bond acceptors (Lipinski definition) is 5. The fourth-order valence-electron chi connectivity index (χ4n) is 3.74. The number of rotatable bonds is 7. The van der Waals surface area contributed by atoms with Crippen LogP contribution in [0.15, 0.2) is 75.8 Å². The molecule has 0 radical (unpaired) electrons. The predicted octanol–water partition coefficient (Wildman–Crippen LogP) is 5.34. The lowest BCUT2D eigenvalue weighted by molar-refractivity contribution is 0.0935. The molecule has 1 aliphatic rings. The molecule has 3 aromatic rings. The van der Waals surface area contributed by atoms with Gasteiger partial charge in [-0.3, -0.25) is 9.69 Å². The van der Waals surface area contributed by atoms with Gasteiger partial charge in [-0.05, 0) is 61.6 Å². The number of carbonyl (C=O) groups is 1. The van der Waals surface area contributed by atoms with Gasteiger partial charge < -0.3 is 5.32 Å². The summed E-state index contributed by atoms with van der Waals surface area (Å²) in [6, 6.07) is 21.7. The largest absolute Gasteiger partial charge is 0.350 e. The highest BCUT2D eigenvalue weighted by atomic mass is 32.2. The molecule has 2 aromatic carbocycles. The Morgan fingerprint density at radius 1 is 1.07 bits per heavy atom. The minimum Gasteiger partial charge on any atom is -0.350 e. The Bertz CT molecular complexity index is 1040. The van der Waals surface area contributed by atoms with E-state index in [9.17, 15) is 10.1 Å². The Hall–Kier alpha value is -2.59. The summed E-state index contributed by atoms with van der Waals surface area (Å²) >= 11 is 3.21. The van der Waals surface area contributed by atoms with Gasteiger partial charge in [-0.15, -0.1) is 11.3 Å². The topological polar surface area (TPSA) is 56.1 Å². The summed E-state index contributed by atoms with van der Waals surface area (Å²) in [6.07, 6.45) is 2.43. The second kappa shape index (κ2) is 9.94. The standard InChI is InChI=1S/C24H23N3OS2/c25-16-18-8-1-3-10-21(18)30-22-11-4-2-9-19(22)24(28)26-17-20(23-12-7-15-29-23)27-13-5-6-14-27/h1-4,7-12,15,20H,5-6,13-14,17H2,(H,26,28)/t20-/m0/s1. The first-order chi connectivity index (χ1) is 14.8. The van der Waals surface area contributed by atoms with Gasteiger partial charge in [-0.25, -0.2) is 0 Å². The van der Waals surface area contributed by atoms with Crippen LogP contribution >= 0.6 is 23.1 Å².